The molecule has 0 bridgehead atoms. The molecule has 0 aliphatic carbocycles. The normalized spacial score (nSPS) is 12.1. The SMILES string of the molecule is CC(Cc1cccs1)NC(=O)c1ccc[nH]c1=S. The molecule has 0 saturated heterocycles. The van der Waals surface area contributed by atoms with Gasteiger partial charge in [-0.1, -0.05) is 18.3 Å². The van der Waals surface area contributed by atoms with E-state index in [1.165, 1.54) is 4.88 Å². The molecule has 18 heavy (non-hydrogen) atoms. The van der Waals surface area contributed by atoms with Crippen LogP contribution in [-0.4, -0.2) is 16.9 Å². The van der Waals surface area contributed by atoms with Crippen molar-refractivity contribution in [2.24, 2.45) is 0 Å². The number of amides is 1. The average molecular weight is 278 g/mol. The highest BCUT2D eigenvalue weighted by Crippen LogP contribution is 2.11. The Labute approximate surface area is 115 Å². The van der Waals surface area contributed by atoms with Crippen molar-refractivity contribution in [1.29, 1.82) is 0 Å². The molecule has 0 saturated carbocycles. The predicted molar refractivity (Wildman–Crippen MR) is 76.6 cm³/mol. The van der Waals surface area contributed by atoms with Crippen molar-refractivity contribution in [2.75, 3.05) is 0 Å². The van der Waals surface area contributed by atoms with E-state index < -0.39 is 0 Å². The lowest BCUT2D eigenvalue weighted by Crippen LogP contribution is -2.34. The summed E-state index contributed by atoms with van der Waals surface area (Å²) in [7, 11) is 0. The number of rotatable bonds is 4. The maximum atomic E-state index is 12.0. The van der Waals surface area contributed by atoms with E-state index in [4.69, 9.17) is 12.2 Å². The topological polar surface area (TPSA) is 44.9 Å². The number of hydrogen-bond acceptors (Lipinski definition) is 3. The molecule has 2 aromatic heterocycles. The lowest BCUT2D eigenvalue weighted by atomic mass is 10.2. The quantitative estimate of drug-likeness (QED) is 0.844. The molecular weight excluding hydrogens is 264 g/mol. The van der Waals surface area contributed by atoms with Gasteiger partial charge in [-0.2, -0.15) is 0 Å². The largest absolute Gasteiger partial charge is 0.352 e. The van der Waals surface area contributed by atoms with Gasteiger partial charge in [-0.15, -0.1) is 11.3 Å². The molecular formula is C13H14N2OS2. The maximum absolute atomic E-state index is 12.0. The van der Waals surface area contributed by atoms with Gasteiger partial charge in [0.25, 0.3) is 5.91 Å². The van der Waals surface area contributed by atoms with Crippen LogP contribution < -0.4 is 5.32 Å². The molecule has 0 radical (unpaired) electrons. The summed E-state index contributed by atoms with van der Waals surface area (Å²) in [5.41, 5.74) is 0.519. The van der Waals surface area contributed by atoms with Crippen LogP contribution in [0.5, 0.6) is 0 Å². The van der Waals surface area contributed by atoms with E-state index >= 15 is 0 Å². The second-order valence-corrected chi connectivity index (χ2v) is 5.51. The molecule has 2 rings (SSSR count). The van der Waals surface area contributed by atoms with Crippen LogP contribution in [-0.2, 0) is 6.42 Å². The van der Waals surface area contributed by atoms with Crippen molar-refractivity contribution in [3.05, 3.63) is 50.9 Å². The van der Waals surface area contributed by atoms with Crippen molar-refractivity contribution in [1.82, 2.24) is 10.3 Å². The number of thiophene rings is 1. The molecule has 1 atom stereocenters. The van der Waals surface area contributed by atoms with Crippen molar-refractivity contribution >= 4 is 29.5 Å². The minimum atomic E-state index is -0.124. The summed E-state index contributed by atoms with van der Waals surface area (Å²) in [4.78, 5) is 16.1. The smallest absolute Gasteiger partial charge is 0.254 e. The number of aromatic amines is 1. The van der Waals surface area contributed by atoms with Gasteiger partial charge in [0.05, 0.1) is 5.56 Å². The highest BCUT2D eigenvalue weighted by Gasteiger charge is 2.11. The van der Waals surface area contributed by atoms with Gasteiger partial charge in [0, 0.05) is 23.5 Å². The zero-order valence-electron chi connectivity index (χ0n) is 9.97. The van der Waals surface area contributed by atoms with Crippen LogP contribution >= 0.6 is 23.6 Å². The van der Waals surface area contributed by atoms with E-state index in [2.05, 4.69) is 16.4 Å². The van der Waals surface area contributed by atoms with Gasteiger partial charge in [0.15, 0.2) is 0 Å². The number of carbonyl (C=O) groups is 1. The Morgan fingerprint density at radius 2 is 2.33 bits per heavy atom. The second-order valence-electron chi connectivity index (χ2n) is 4.07. The molecule has 1 amide bonds. The van der Waals surface area contributed by atoms with Crippen molar-refractivity contribution < 1.29 is 4.79 Å². The molecule has 94 valence electrons. The van der Waals surface area contributed by atoms with Crippen LogP contribution in [0.2, 0.25) is 0 Å². The third kappa shape index (κ3) is 3.27. The summed E-state index contributed by atoms with van der Waals surface area (Å²) in [6.45, 7) is 1.99. The van der Waals surface area contributed by atoms with Gasteiger partial charge >= 0.3 is 0 Å². The third-order valence-electron chi connectivity index (χ3n) is 2.53. The highest BCUT2D eigenvalue weighted by molar-refractivity contribution is 7.71. The lowest BCUT2D eigenvalue weighted by molar-refractivity contribution is 0.0939. The summed E-state index contributed by atoms with van der Waals surface area (Å²) < 4.78 is 0.471. The van der Waals surface area contributed by atoms with Crippen LogP contribution in [0.4, 0.5) is 0 Å². The Morgan fingerprint density at radius 1 is 1.50 bits per heavy atom. The number of pyridine rings is 1. The fourth-order valence-electron chi connectivity index (χ4n) is 1.68. The Hall–Kier alpha value is -1.46. The van der Waals surface area contributed by atoms with Gasteiger partial charge in [-0.3, -0.25) is 4.79 Å². The maximum Gasteiger partial charge on any atom is 0.254 e. The van der Waals surface area contributed by atoms with Gasteiger partial charge in [-0.25, -0.2) is 0 Å². The number of carbonyl (C=O) groups excluding carboxylic acids is 1. The number of hydrogen-bond donors (Lipinski definition) is 2. The number of H-pyrrole nitrogens is 1. The molecule has 1 unspecified atom stereocenters. The molecule has 3 nitrogen and oxygen atoms in total. The molecule has 2 heterocycles. The number of aromatic nitrogens is 1. The first-order valence-corrected chi connectivity index (χ1v) is 6.96. The minimum Gasteiger partial charge on any atom is -0.352 e. The summed E-state index contributed by atoms with van der Waals surface area (Å²) in [5, 5.41) is 5.00. The fraction of sp³-hybridized carbons (Fsp3) is 0.231. The van der Waals surface area contributed by atoms with E-state index in [-0.39, 0.29) is 11.9 Å². The van der Waals surface area contributed by atoms with E-state index in [1.807, 2.05) is 18.4 Å². The summed E-state index contributed by atoms with van der Waals surface area (Å²) in [5.74, 6) is -0.124. The van der Waals surface area contributed by atoms with E-state index in [1.54, 1.807) is 29.7 Å². The van der Waals surface area contributed by atoms with Crippen LogP contribution in [0.25, 0.3) is 0 Å². The summed E-state index contributed by atoms with van der Waals surface area (Å²) in [6, 6.07) is 7.68. The minimum absolute atomic E-state index is 0.0887. The van der Waals surface area contributed by atoms with E-state index in [0.29, 0.717) is 10.2 Å². The molecule has 0 aliphatic rings. The zero-order valence-corrected chi connectivity index (χ0v) is 11.6. The van der Waals surface area contributed by atoms with Crippen molar-refractivity contribution in [2.45, 2.75) is 19.4 Å². The standard InChI is InChI=1S/C13H14N2OS2/c1-9(8-10-4-3-7-18-10)15-12(16)11-5-2-6-14-13(11)17/h2-7,9H,8H2,1H3,(H,14,17)(H,15,16). The highest BCUT2D eigenvalue weighted by atomic mass is 32.1. The van der Waals surface area contributed by atoms with Gasteiger partial charge in [0.1, 0.15) is 4.64 Å². The molecule has 5 heteroatoms. The number of nitrogens with one attached hydrogen (secondary N) is 2. The van der Waals surface area contributed by atoms with Crippen LogP contribution in [0.1, 0.15) is 22.2 Å². The molecule has 0 fully saturated rings. The first-order chi connectivity index (χ1) is 8.66. The third-order valence-corrected chi connectivity index (χ3v) is 3.76. The second kappa shape index (κ2) is 5.93. The van der Waals surface area contributed by atoms with Gasteiger partial charge in [0.2, 0.25) is 0 Å². The Bertz CT molecular complexity index is 575. The first kappa shape index (κ1) is 13.0. The van der Waals surface area contributed by atoms with Crippen LogP contribution in [0.3, 0.4) is 0 Å². The predicted octanol–water partition coefficient (Wildman–Crippen LogP) is 3.17. The first-order valence-electron chi connectivity index (χ1n) is 5.68. The Balaban J connectivity index is 1.99. The lowest BCUT2D eigenvalue weighted by Gasteiger charge is -2.12. The van der Waals surface area contributed by atoms with Crippen molar-refractivity contribution in [3.63, 3.8) is 0 Å². The van der Waals surface area contributed by atoms with Gasteiger partial charge < -0.3 is 10.3 Å². The fourth-order valence-corrected chi connectivity index (χ4v) is 2.75. The zero-order chi connectivity index (χ0) is 13.0. The molecule has 2 N–H and O–H groups in total. The Morgan fingerprint density at radius 3 is 3.00 bits per heavy atom. The summed E-state index contributed by atoms with van der Waals surface area (Å²) >= 11 is 6.78. The molecule has 2 aromatic rings. The molecule has 0 aliphatic heterocycles. The Kier molecular flexibility index (Phi) is 4.28. The van der Waals surface area contributed by atoms with E-state index in [0.717, 1.165) is 6.42 Å². The average Bonchev–Trinajstić information content (AvgIpc) is 2.82. The monoisotopic (exact) mass is 278 g/mol. The van der Waals surface area contributed by atoms with Crippen LogP contribution in [0.15, 0.2) is 35.8 Å². The van der Waals surface area contributed by atoms with Crippen LogP contribution in [0, 0.1) is 4.64 Å². The summed E-state index contributed by atoms with van der Waals surface area (Å²) in [6.07, 6.45) is 2.56. The molecule has 0 aromatic carbocycles. The van der Waals surface area contributed by atoms with E-state index in [9.17, 15) is 4.79 Å². The van der Waals surface area contributed by atoms with Crippen molar-refractivity contribution in [3.8, 4) is 0 Å². The molecule has 0 spiro atoms. The van der Waals surface area contributed by atoms with Gasteiger partial charge in [-0.05, 0) is 30.5 Å².